The number of carbonyl (C=O) groups excluding carboxylic acids is 1. The maximum absolute atomic E-state index is 11.5. The molecule has 7 heteroatoms. The summed E-state index contributed by atoms with van der Waals surface area (Å²) in [4.78, 5) is 11.5. The van der Waals surface area contributed by atoms with E-state index in [0.717, 1.165) is 6.26 Å². The fourth-order valence-corrected chi connectivity index (χ4v) is 2.51. The van der Waals surface area contributed by atoms with Crippen molar-refractivity contribution in [1.82, 2.24) is 5.32 Å². The topological polar surface area (TPSA) is 72.5 Å². The van der Waals surface area contributed by atoms with Gasteiger partial charge in [-0.25, -0.2) is 8.42 Å². The molecule has 0 aromatic carbocycles. The van der Waals surface area contributed by atoms with Crippen molar-refractivity contribution in [2.45, 2.75) is 18.4 Å². The van der Waals surface area contributed by atoms with Crippen molar-refractivity contribution in [3.05, 3.63) is 0 Å². The summed E-state index contributed by atoms with van der Waals surface area (Å²) >= 11 is 5.83. The van der Waals surface area contributed by atoms with E-state index in [4.69, 9.17) is 16.3 Å². The molecule has 0 bridgehead atoms. The van der Waals surface area contributed by atoms with Crippen LogP contribution in [0.4, 0.5) is 0 Å². The van der Waals surface area contributed by atoms with Crippen molar-refractivity contribution in [2.24, 2.45) is 0 Å². The molecular weight excluding hydrogens is 254 g/mol. The standard InChI is InChI=1S/C9H16ClNO4S/c1-16(13,14)6-8(12)11-9(7-10)2-4-15-5-3-9/h2-7H2,1H3,(H,11,12). The van der Waals surface area contributed by atoms with Gasteiger partial charge < -0.3 is 10.1 Å². The molecule has 1 amide bonds. The molecule has 1 fully saturated rings. The minimum absolute atomic E-state index is 0.270. The van der Waals surface area contributed by atoms with Gasteiger partial charge in [-0.2, -0.15) is 0 Å². The molecule has 1 N–H and O–H groups in total. The fraction of sp³-hybridized carbons (Fsp3) is 0.889. The highest BCUT2D eigenvalue weighted by molar-refractivity contribution is 7.91. The number of sulfone groups is 1. The normalized spacial score (nSPS) is 20.4. The first-order valence-electron chi connectivity index (χ1n) is 4.99. The highest BCUT2D eigenvalue weighted by atomic mass is 35.5. The second-order valence-electron chi connectivity index (χ2n) is 4.14. The molecule has 0 aromatic rings. The highest BCUT2D eigenvalue weighted by Crippen LogP contribution is 2.22. The number of nitrogens with one attached hydrogen (secondary N) is 1. The lowest BCUT2D eigenvalue weighted by Crippen LogP contribution is -2.54. The number of ether oxygens (including phenoxy) is 1. The minimum Gasteiger partial charge on any atom is -0.381 e. The van der Waals surface area contributed by atoms with E-state index in [1.165, 1.54) is 0 Å². The quantitative estimate of drug-likeness (QED) is 0.726. The number of halogens is 1. The second kappa shape index (κ2) is 5.33. The van der Waals surface area contributed by atoms with Crippen LogP contribution in [0.5, 0.6) is 0 Å². The third kappa shape index (κ3) is 4.27. The Bertz CT molecular complexity index is 349. The molecule has 1 rings (SSSR count). The van der Waals surface area contributed by atoms with E-state index in [9.17, 15) is 13.2 Å². The molecule has 1 heterocycles. The van der Waals surface area contributed by atoms with Crippen molar-refractivity contribution in [3.63, 3.8) is 0 Å². The summed E-state index contributed by atoms with van der Waals surface area (Å²) in [6, 6.07) is 0. The molecule has 0 atom stereocenters. The molecule has 1 aliphatic heterocycles. The van der Waals surface area contributed by atoms with Crippen molar-refractivity contribution in [1.29, 1.82) is 0 Å². The third-order valence-corrected chi connectivity index (χ3v) is 3.80. The molecule has 0 aromatic heterocycles. The molecule has 0 unspecified atom stereocenters. The number of alkyl halides is 1. The van der Waals surface area contributed by atoms with Crippen molar-refractivity contribution in [3.8, 4) is 0 Å². The number of hydrogen-bond acceptors (Lipinski definition) is 4. The lowest BCUT2D eigenvalue weighted by molar-refractivity contribution is -0.121. The average Bonchev–Trinajstić information content (AvgIpc) is 2.16. The minimum atomic E-state index is -3.30. The fourth-order valence-electron chi connectivity index (χ4n) is 1.62. The predicted molar refractivity (Wildman–Crippen MR) is 61.4 cm³/mol. The van der Waals surface area contributed by atoms with Crippen LogP contribution >= 0.6 is 11.6 Å². The molecule has 0 radical (unpaired) electrons. The van der Waals surface area contributed by atoms with Gasteiger partial charge >= 0.3 is 0 Å². The van der Waals surface area contributed by atoms with Gasteiger partial charge in [0.15, 0.2) is 9.84 Å². The van der Waals surface area contributed by atoms with Gasteiger partial charge in [0.25, 0.3) is 0 Å². The molecule has 16 heavy (non-hydrogen) atoms. The van der Waals surface area contributed by atoms with Gasteiger partial charge in [0.2, 0.25) is 5.91 Å². The van der Waals surface area contributed by atoms with E-state index in [-0.39, 0.29) is 5.88 Å². The van der Waals surface area contributed by atoms with Crippen molar-refractivity contribution >= 4 is 27.3 Å². The van der Waals surface area contributed by atoms with Gasteiger partial charge in [-0.05, 0) is 12.8 Å². The van der Waals surface area contributed by atoms with Crippen LogP contribution in [0.15, 0.2) is 0 Å². The largest absolute Gasteiger partial charge is 0.381 e. The Morgan fingerprint density at radius 1 is 1.44 bits per heavy atom. The van der Waals surface area contributed by atoms with Crippen LogP contribution in [0.2, 0.25) is 0 Å². The summed E-state index contributed by atoms with van der Waals surface area (Å²) in [5, 5.41) is 2.71. The molecule has 0 aliphatic carbocycles. The van der Waals surface area contributed by atoms with Crippen LogP contribution in [0, 0.1) is 0 Å². The van der Waals surface area contributed by atoms with E-state index >= 15 is 0 Å². The maximum atomic E-state index is 11.5. The van der Waals surface area contributed by atoms with Crippen molar-refractivity contribution < 1.29 is 17.9 Å². The van der Waals surface area contributed by atoms with Gasteiger partial charge in [0.1, 0.15) is 5.75 Å². The summed E-state index contributed by atoms with van der Waals surface area (Å²) in [5.41, 5.74) is -0.512. The molecule has 1 aliphatic rings. The Morgan fingerprint density at radius 3 is 2.44 bits per heavy atom. The lowest BCUT2D eigenvalue weighted by atomic mass is 9.92. The highest BCUT2D eigenvalue weighted by Gasteiger charge is 2.33. The molecule has 0 spiro atoms. The first-order valence-corrected chi connectivity index (χ1v) is 7.59. The Hall–Kier alpha value is -0.330. The van der Waals surface area contributed by atoms with E-state index in [2.05, 4.69) is 5.32 Å². The zero-order chi connectivity index (χ0) is 12.2. The number of hydrogen-bond donors (Lipinski definition) is 1. The zero-order valence-electron chi connectivity index (χ0n) is 9.16. The summed E-state index contributed by atoms with van der Waals surface area (Å²) in [6.45, 7) is 1.07. The van der Waals surface area contributed by atoms with Crippen LogP contribution < -0.4 is 5.32 Å². The first-order chi connectivity index (χ1) is 7.37. The summed E-state index contributed by atoms with van der Waals surface area (Å²) in [7, 11) is -3.30. The van der Waals surface area contributed by atoms with Gasteiger partial charge in [0.05, 0.1) is 5.54 Å². The summed E-state index contributed by atoms with van der Waals surface area (Å²) < 4.78 is 27.1. The maximum Gasteiger partial charge on any atom is 0.235 e. The van der Waals surface area contributed by atoms with E-state index in [1.807, 2.05) is 0 Å². The van der Waals surface area contributed by atoms with Crippen LogP contribution in [0.25, 0.3) is 0 Å². The summed E-state index contributed by atoms with van der Waals surface area (Å²) in [5.74, 6) is -0.719. The zero-order valence-corrected chi connectivity index (χ0v) is 10.7. The Kier molecular flexibility index (Phi) is 4.58. The Labute approximate surface area is 100 Å². The lowest BCUT2D eigenvalue weighted by Gasteiger charge is -2.36. The van der Waals surface area contributed by atoms with Crippen molar-refractivity contribution in [2.75, 3.05) is 31.1 Å². The van der Waals surface area contributed by atoms with E-state index < -0.39 is 27.0 Å². The number of carbonyl (C=O) groups is 1. The molecular formula is C9H16ClNO4S. The molecule has 94 valence electrons. The van der Waals surface area contributed by atoms with Crippen LogP contribution in [-0.2, 0) is 19.4 Å². The third-order valence-electron chi connectivity index (χ3n) is 2.50. The average molecular weight is 270 g/mol. The molecule has 0 saturated carbocycles. The van der Waals surface area contributed by atoms with Crippen LogP contribution in [-0.4, -0.2) is 51.0 Å². The van der Waals surface area contributed by atoms with Gasteiger partial charge in [-0.3, -0.25) is 4.79 Å². The first kappa shape index (κ1) is 13.7. The predicted octanol–water partition coefficient (Wildman–Crippen LogP) is -0.0648. The summed E-state index contributed by atoms with van der Waals surface area (Å²) in [6.07, 6.45) is 2.27. The van der Waals surface area contributed by atoms with Crippen LogP contribution in [0.3, 0.4) is 0 Å². The number of amides is 1. The second-order valence-corrected chi connectivity index (χ2v) is 6.55. The van der Waals surface area contributed by atoms with E-state index in [1.54, 1.807) is 0 Å². The molecule has 5 nitrogen and oxygen atoms in total. The smallest absolute Gasteiger partial charge is 0.235 e. The monoisotopic (exact) mass is 269 g/mol. The molecule has 1 saturated heterocycles. The van der Waals surface area contributed by atoms with E-state index in [0.29, 0.717) is 26.1 Å². The van der Waals surface area contributed by atoms with Gasteiger partial charge in [0, 0.05) is 25.3 Å². The Morgan fingerprint density at radius 2 is 2.00 bits per heavy atom. The van der Waals surface area contributed by atoms with Crippen LogP contribution in [0.1, 0.15) is 12.8 Å². The SMILES string of the molecule is CS(=O)(=O)CC(=O)NC1(CCl)CCOCC1. The number of rotatable bonds is 4. The van der Waals surface area contributed by atoms with Gasteiger partial charge in [-0.1, -0.05) is 0 Å². The van der Waals surface area contributed by atoms with Gasteiger partial charge in [-0.15, -0.1) is 11.6 Å². The Balaban J connectivity index is 2.59.